The zero-order chi connectivity index (χ0) is 11.8. The molecule has 0 bridgehead atoms. The van der Waals surface area contributed by atoms with Gasteiger partial charge in [-0.1, -0.05) is 19.1 Å². The fourth-order valence-corrected chi connectivity index (χ4v) is 1.62. The van der Waals surface area contributed by atoms with Crippen LogP contribution < -0.4 is 10.6 Å². The number of carbonyl (C=O) groups is 2. The van der Waals surface area contributed by atoms with Crippen LogP contribution in [0.2, 0.25) is 0 Å². The molecule has 0 spiro atoms. The van der Waals surface area contributed by atoms with Gasteiger partial charge in [-0.15, -0.1) is 0 Å². The lowest BCUT2D eigenvalue weighted by molar-refractivity contribution is -0.126. The van der Waals surface area contributed by atoms with Crippen molar-refractivity contribution in [1.82, 2.24) is 10.6 Å². The molecule has 4 heteroatoms. The van der Waals surface area contributed by atoms with Crippen LogP contribution in [0.1, 0.15) is 39.0 Å². The molecule has 1 atom stereocenters. The Hall–Kier alpha value is -1.32. The lowest BCUT2D eigenvalue weighted by atomic mass is 10.1. The van der Waals surface area contributed by atoms with E-state index in [1.807, 2.05) is 0 Å². The molecule has 16 heavy (non-hydrogen) atoms. The summed E-state index contributed by atoms with van der Waals surface area (Å²) < 4.78 is 0. The van der Waals surface area contributed by atoms with Gasteiger partial charge in [-0.3, -0.25) is 9.59 Å². The van der Waals surface area contributed by atoms with Crippen molar-refractivity contribution < 1.29 is 9.59 Å². The molecule has 0 saturated heterocycles. The van der Waals surface area contributed by atoms with Gasteiger partial charge in [0.2, 0.25) is 11.8 Å². The van der Waals surface area contributed by atoms with E-state index in [1.54, 1.807) is 0 Å². The van der Waals surface area contributed by atoms with E-state index in [0.717, 1.165) is 19.3 Å². The normalized spacial score (nSPS) is 25.9. The Labute approximate surface area is 96.5 Å². The van der Waals surface area contributed by atoms with E-state index in [9.17, 15) is 9.59 Å². The maximum absolute atomic E-state index is 11.5. The third-order valence-corrected chi connectivity index (χ3v) is 2.66. The zero-order valence-electron chi connectivity index (χ0n) is 9.79. The summed E-state index contributed by atoms with van der Waals surface area (Å²) in [6, 6.07) is 0.200. The van der Waals surface area contributed by atoms with E-state index >= 15 is 0 Å². The van der Waals surface area contributed by atoms with E-state index in [0.29, 0.717) is 6.54 Å². The number of carbonyl (C=O) groups excluding carboxylic acids is 2. The van der Waals surface area contributed by atoms with E-state index in [-0.39, 0.29) is 30.7 Å². The van der Waals surface area contributed by atoms with Gasteiger partial charge in [-0.05, 0) is 19.3 Å². The first-order valence-electron chi connectivity index (χ1n) is 5.93. The molecule has 2 N–H and O–H groups in total. The maximum atomic E-state index is 11.5. The highest BCUT2D eigenvalue weighted by Crippen LogP contribution is 2.02. The van der Waals surface area contributed by atoms with Crippen molar-refractivity contribution in [3.8, 4) is 0 Å². The van der Waals surface area contributed by atoms with Crippen LogP contribution >= 0.6 is 0 Å². The summed E-state index contributed by atoms with van der Waals surface area (Å²) in [6.45, 7) is 2.71. The van der Waals surface area contributed by atoms with Crippen LogP contribution in [0.3, 0.4) is 0 Å². The third kappa shape index (κ3) is 4.96. The van der Waals surface area contributed by atoms with Crippen LogP contribution in [0.5, 0.6) is 0 Å². The highest BCUT2D eigenvalue weighted by atomic mass is 16.2. The third-order valence-electron chi connectivity index (χ3n) is 2.66. The largest absolute Gasteiger partial charge is 0.356 e. The van der Waals surface area contributed by atoms with Gasteiger partial charge in [0.1, 0.15) is 0 Å². The molecule has 0 aromatic heterocycles. The van der Waals surface area contributed by atoms with Crippen LogP contribution in [0.15, 0.2) is 12.2 Å². The molecule has 0 aliphatic carbocycles. The van der Waals surface area contributed by atoms with E-state index in [1.165, 1.54) is 0 Å². The zero-order valence-corrected chi connectivity index (χ0v) is 9.79. The second-order valence-corrected chi connectivity index (χ2v) is 4.02. The van der Waals surface area contributed by atoms with Crippen LogP contribution in [0, 0.1) is 0 Å². The summed E-state index contributed by atoms with van der Waals surface area (Å²) in [4.78, 5) is 22.8. The van der Waals surface area contributed by atoms with Gasteiger partial charge in [0.15, 0.2) is 0 Å². The van der Waals surface area contributed by atoms with Gasteiger partial charge < -0.3 is 10.6 Å². The maximum Gasteiger partial charge on any atom is 0.220 e. The molecule has 1 aliphatic heterocycles. The molecule has 0 aromatic rings. The number of nitrogens with one attached hydrogen (secondary N) is 2. The molecule has 2 amide bonds. The van der Waals surface area contributed by atoms with Gasteiger partial charge in [0.05, 0.1) is 0 Å². The summed E-state index contributed by atoms with van der Waals surface area (Å²) in [5.41, 5.74) is 0. The van der Waals surface area contributed by atoms with Crippen molar-refractivity contribution in [1.29, 1.82) is 0 Å². The van der Waals surface area contributed by atoms with Crippen LogP contribution in [0.4, 0.5) is 0 Å². The minimum Gasteiger partial charge on any atom is -0.356 e. The summed E-state index contributed by atoms with van der Waals surface area (Å²) >= 11 is 0. The summed E-state index contributed by atoms with van der Waals surface area (Å²) in [7, 11) is 0. The van der Waals surface area contributed by atoms with Crippen LogP contribution in [0.25, 0.3) is 0 Å². The van der Waals surface area contributed by atoms with Crippen LogP contribution in [-0.2, 0) is 9.59 Å². The van der Waals surface area contributed by atoms with Crippen molar-refractivity contribution in [2.24, 2.45) is 0 Å². The number of hydrogen-bond donors (Lipinski definition) is 2. The van der Waals surface area contributed by atoms with Crippen LogP contribution in [-0.4, -0.2) is 24.4 Å². The Morgan fingerprint density at radius 2 is 2.00 bits per heavy atom. The predicted octanol–water partition coefficient (Wildman–Crippen LogP) is 1.13. The molecule has 1 rings (SSSR count). The van der Waals surface area contributed by atoms with E-state index in [2.05, 4.69) is 29.7 Å². The standard InChI is InChI=1S/C12H20N2O2/c1-2-10-6-4-3-5-9-13-11(15)7-8-12(16)14-10/h3-4,10H,2,5-9H2,1H3,(H,13,15)(H,14,16)/b4-3-/t10-/m0/s1. The first-order chi connectivity index (χ1) is 7.72. The van der Waals surface area contributed by atoms with Crippen molar-refractivity contribution in [3.05, 3.63) is 12.2 Å². The molecule has 0 saturated carbocycles. The van der Waals surface area contributed by atoms with Crippen molar-refractivity contribution in [2.75, 3.05) is 6.54 Å². The quantitative estimate of drug-likeness (QED) is 0.656. The molecule has 90 valence electrons. The molecular formula is C12H20N2O2. The Morgan fingerprint density at radius 1 is 1.25 bits per heavy atom. The van der Waals surface area contributed by atoms with E-state index < -0.39 is 0 Å². The summed E-state index contributed by atoms with van der Waals surface area (Å²) in [6.07, 6.45) is 7.34. The first kappa shape index (κ1) is 12.7. The molecule has 0 aromatic carbocycles. The fourth-order valence-electron chi connectivity index (χ4n) is 1.62. The molecule has 0 unspecified atom stereocenters. The molecule has 1 aliphatic rings. The SMILES string of the molecule is CC[C@H]1C/C=C\CCNC(=O)CCC(=O)N1. The highest BCUT2D eigenvalue weighted by molar-refractivity contribution is 5.83. The predicted molar refractivity (Wildman–Crippen MR) is 62.8 cm³/mol. The number of rotatable bonds is 1. The van der Waals surface area contributed by atoms with Gasteiger partial charge in [0.25, 0.3) is 0 Å². The highest BCUT2D eigenvalue weighted by Gasteiger charge is 2.11. The second kappa shape index (κ2) is 7.04. The Morgan fingerprint density at radius 3 is 2.75 bits per heavy atom. The summed E-state index contributed by atoms with van der Waals surface area (Å²) in [5, 5.41) is 5.71. The second-order valence-electron chi connectivity index (χ2n) is 4.02. The van der Waals surface area contributed by atoms with Gasteiger partial charge in [0, 0.05) is 25.4 Å². The lowest BCUT2D eigenvalue weighted by Crippen LogP contribution is -2.35. The van der Waals surface area contributed by atoms with Gasteiger partial charge >= 0.3 is 0 Å². The van der Waals surface area contributed by atoms with Gasteiger partial charge in [-0.25, -0.2) is 0 Å². The van der Waals surface area contributed by atoms with Crippen molar-refractivity contribution >= 4 is 11.8 Å². The average molecular weight is 224 g/mol. The Bertz CT molecular complexity index is 274. The number of hydrogen-bond acceptors (Lipinski definition) is 2. The monoisotopic (exact) mass is 224 g/mol. The Kier molecular flexibility index (Phi) is 5.61. The van der Waals surface area contributed by atoms with E-state index in [4.69, 9.17) is 0 Å². The Balaban J connectivity index is 2.53. The lowest BCUT2D eigenvalue weighted by Gasteiger charge is -2.15. The summed E-state index contributed by atoms with van der Waals surface area (Å²) in [5.74, 6) is -0.0758. The topological polar surface area (TPSA) is 58.2 Å². The molecule has 4 nitrogen and oxygen atoms in total. The molecule has 0 fully saturated rings. The molecular weight excluding hydrogens is 204 g/mol. The fraction of sp³-hybridized carbons (Fsp3) is 0.667. The van der Waals surface area contributed by atoms with Crippen molar-refractivity contribution in [2.45, 2.75) is 45.1 Å². The number of amides is 2. The van der Waals surface area contributed by atoms with Gasteiger partial charge in [-0.2, -0.15) is 0 Å². The first-order valence-corrected chi connectivity index (χ1v) is 5.93. The molecule has 1 heterocycles. The molecule has 0 radical (unpaired) electrons. The smallest absolute Gasteiger partial charge is 0.220 e. The minimum atomic E-state index is -0.0443. The minimum absolute atomic E-state index is 0.0315. The van der Waals surface area contributed by atoms with Crippen molar-refractivity contribution in [3.63, 3.8) is 0 Å². The average Bonchev–Trinajstić information content (AvgIpc) is 2.27.